The van der Waals surface area contributed by atoms with Crippen LogP contribution in [0.1, 0.15) is 0 Å². The number of sulfone groups is 1. The number of aromatic nitrogens is 2. The molecule has 0 aliphatic carbocycles. The Hall–Kier alpha value is -2.38. The second-order valence-electron chi connectivity index (χ2n) is 5.02. The van der Waals surface area contributed by atoms with Gasteiger partial charge in [0, 0.05) is 11.9 Å². The molecule has 0 aliphatic heterocycles. The summed E-state index contributed by atoms with van der Waals surface area (Å²) in [5, 5.41) is 4.84. The Balaban J connectivity index is 2.28. The molecule has 0 saturated heterocycles. The first-order valence-electron chi connectivity index (χ1n) is 7.12. The molecule has 3 aromatic rings. The summed E-state index contributed by atoms with van der Waals surface area (Å²) in [6.07, 6.45) is 0. The predicted molar refractivity (Wildman–Crippen MR) is 87.2 cm³/mol. The van der Waals surface area contributed by atoms with Crippen LogP contribution in [0.3, 0.4) is 0 Å². The Bertz CT molecular complexity index is 934. The minimum absolute atomic E-state index is 0.0195. The van der Waals surface area contributed by atoms with E-state index < -0.39 is 9.84 Å². The lowest BCUT2D eigenvalue weighted by Gasteiger charge is -2.03. The summed E-state index contributed by atoms with van der Waals surface area (Å²) in [6, 6.07) is 13.5. The third-order valence-corrected chi connectivity index (χ3v) is 5.28. The van der Waals surface area contributed by atoms with Crippen molar-refractivity contribution >= 4 is 20.7 Å². The number of fused-ring (bicyclic) bond motifs is 1. The number of nitrogens with zero attached hydrogens (tertiary/aromatic N) is 2. The van der Waals surface area contributed by atoms with E-state index in [-0.39, 0.29) is 9.92 Å². The summed E-state index contributed by atoms with van der Waals surface area (Å²) in [6.45, 7) is 0.806. The van der Waals surface area contributed by atoms with Crippen molar-refractivity contribution < 1.29 is 13.2 Å². The van der Waals surface area contributed by atoms with Gasteiger partial charge in [-0.15, -0.1) is 0 Å². The second-order valence-corrected chi connectivity index (χ2v) is 6.88. The van der Waals surface area contributed by atoms with E-state index in [0.29, 0.717) is 29.7 Å². The largest absolute Gasteiger partial charge is 0.497 e. The highest BCUT2D eigenvalue weighted by Gasteiger charge is 2.25. The molecule has 0 atom stereocenters. The zero-order valence-corrected chi connectivity index (χ0v) is 13.5. The zero-order chi connectivity index (χ0) is 16.4. The van der Waals surface area contributed by atoms with Gasteiger partial charge in [0.25, 0.3) is 0 Å². The van der Waals surface area contributed by atoms with E-state index >= 15 is 0 Å². The van der Waals surface area contributed by atoms with Gasteiger partial charge in [-0.25, -0.2) is 8.42 Å². The first-order valence-corrected chi connectivity index (χ1v) is 8.61. The maximum Gasteiger partial charge on any atom is 0.226 e. The molecule has 23 heavy (non-hydrogen) atoms. The van der Waals surface area contributed by atoms with Gasteiger partial charge in [0.1, 0.15) is 5.75 Å². The molecule has 0 bridgehead atoms. The van der Waals surface area contributed by atoms with Crippen LogP contribution in [0.4, 0.5) is 0 Å². The van der Waals surface area contributed by atoms with E-state index in [0.717, 1.165) is 0 Å². The lowest BCUT2D eigenvalue weighted by atomic mass is 10.2. The van der Waals surface area contributed by atoms with E-state index in [2.05, 4.69) is 5.10 Å². The van der Waals surface area contributed by atoms with E-state index in [1.807, 2.05) is 0 Å². The molecule has 1 heterocycles. The Morgan fingerprint density at radius 1 is 1.17 bits per heavy atom. The quantitative estimate of drug-likeness (QED) is 0.771. The van der Waals surface area contributed by atoms with Crippen LogP contribution in [-0.4, -0.2) is 31.9 Å². The number of methoxy groups -OCH3 is 1. The minimum Gasteiger partial charge on any atom is -0.497 e. The van der Waals surface area contributed by atoms with Crippen molar-refractivity contribution in [2.24, 2.45) is 5.73 Å². The summed E-state index contributed by atoms with van der Waals surface area (Å²) in [5.41, 5.74) is 6.32. The van der Waals surface area contributed by atoms with E-state index in [9.17, 15) is 8.42 Å². The molecule has 0 amide bonds. The van der Waals surface area contributed by atoms with Gasteiger partial charge in [0.05, 0.1) is 24.1 Å². The molecule has 0 saturated carbocycles. The van der Waals surface area contributed by atoms with Crippen LogP contribution < -0.4 is 10.5 Å². The number of benzene rings is 2. The molecule has 120 valence electrons. The molecular formula is C16H17N3O3S. The molecule has 0 fully saturated rings. The van der Waals surface area contributed by atoms with Crippen molar-refractivity contribution in [1.29, 1.82) is 0 Å². The molecule has 7 heteroatoms. The average Bonchev–Trinajstić information content (AvgIpc) is 2.94. The van der Waals surface area contributed by atoms with Crippen LogP contribution in [0.25, 0.3) is 10.9 Å². The van der Waals surface area contributed by atoms with Crippen LogP contribution in [0.2, 0.25) is 0 Å². The topological polar surface area (TPSA) is 87.2 Å². The van der Waals surface area contributed by atoms with Gasteiger partial charge in [-0.05, 0) is 30.3 Å². The standard InChI is InChI=1S/C16H17N3O3S/c1-22-12-7-8-15-14(11-12)16(18-19(15)10-9-17)23(20,21)13-5-3-2-4-6-13/h2-8,11H,9-10,17H2,1H3. The van der Waals surface area contributed by atoms with Gasteiger partial charge in [-0.2, -0.15) is 5.10 Å². The molecule has 0 aliphatic rings. The molecule has 0 radical (unpaired) electrons. The predicted octanol–water partition coefficient (Wildman–Crippen LogP) is 1.84. The maximum absolute atomic E-state index is 12.9. The smallest absolute Gasteiger partial charge is 0.226 e. The SMILES string of the molecule is COc1ccc2c(c1)c(S(=O)(=O)c1ccccc1)nn2CCN. The highest BCUT2D eigenvalue weighted by molar-refractivity contribution is 7.91. The number of hydrogen-bond donors (Lipinski definition) is 1. The van der Waals surface area contributed by atoms with Crippen molar-refractivity contribution in [1.82, 2.24) is 9.78 Å². The molecule has 2 N–H and O–H groups in total. The van der Waals surface area contributed by atoms with Crippen LogP contribution in [0.15, 0.2) is 58.5 Å². The second kappa shape index (κ2) is 6.02. The Morgan fingerprint density at radius 3 is 2.57 bits per heavy atom. The van der Waals surface area contributed by atoms with Gasteiger partial charge < -0.3 is 10.5 Å². The van der Waals surface area contributed by atoms with E-state index in [1.165, 1.54) is 7.11 Å². The molecule has 0 unspecified atom stereocenters. The van der Waals surface area contributed by atoms with Crippen LogP contribution >= 0.6 is 0 Å². The normalized spacial score (nSPS) is 11.7. The van der Waals surface area contributed by atoms with Crippen molar-refractivity contribution in [3.05, 3.63) is 48.5 Å². The fourth-order valence-electron chi connectivity index (χ4n) is 2.46. The first-order chi connectivity index (χ1) is 11.1. The first kappa shape index (κ1) is 15.5. The van der Waals surface area contributed by atoms with Crippen LogP contribution in [0, 0.1) is 0 Å². The third kappa shape index (κ3) is 2.69. The number of nitrogens with two attached hydrogens (primary N) is 1. The van der Waals surface area contributed by atoms with Gasteiger partial charge in [0.2, 0.25) is 9.84 Å². The highest BCUT2D eigenvalue weighted by Crippen LogP contribution is 2.30. The van der Waals surface area contributed by atoms with Crippen LogP contribution in [-0.2, 0) is 16.4 Å². The van der Waals surface area contributed by atoms with Gasteiger partial charge in [0.15, 0.2) is 5.03 Å². The van der Waals surface area contributed by atoms with Crippen molar-refractivity contribution in [2.75, 3.05) is 13.7 Å². The lowest BCUT2D eigenvalue weighted by Crippen LogP contribution is -2.12. The molecule has 0 spiro atoms. The van der Waals surface area contributed by atoms with Crippen LogP contribution in [0.5, 0.6) is 5.75 Å². The molecule has 2 aromatic carbocycles. The summed E-state index contributed by atoms with van der Waals surface area (Å²) in [4.78, 5) is 0.210. The summed E-state index contributed by atoms with van der Waals surface area (Å²) < 4.78 is 32.7. The van der Waals surface area contributed by atoms with Crippen molar-refractivity contribution in [2.45, 2.75) is 16.5 Å². The zero-order valence-electron chi connectivity index (χ0n) is 12.6. The Kier molecular flexibility index (Phi) is 4.06. The molecular weight excluding hydrogens is 314 g/mol. The van der Waals surface area contributed by atoms with Crippen molar-refractivity contribution in [3.63, 3.8) is 0 Å². The summed E-state index contributed by atoms with van der Waals surface area (Å²) in [7, 11) is -2.18. The molecule has 3 rings (SSSR count). The van der Waals surface area contributed by atoms with E-state index in [4.69, 9.17) is 10.5 Å². The fraction of sp³-hybridized carbons (Fsp3) is 0.188. The number of rotatable bonds is 5. The maximum atomic E-state index is 12.9. The lowest BCUT2D eigenvalue weighted by molar-refractivity contribution is 0.415. The Labute approximate surface area is 134 Å². The Morgan fingerprint density at radius 2 is 1.91 bits per heavy atom. The molecule has 6 nitrogen and oxygen atoms in total. The summed E-state index contributed by atoms with van der Waals surface area (Å²) >= 11 is 0. The van der Waals surface area contributed by atoms with Gasteiger partial charge >= 0.3 is 0 Å². The van der Waals surface area contributed by atoms with Crippen molar-refractivity contribution in [3.8, 4) is 5.75 Å². The number of hydrogen-bond acceptors (Lipinski definition) is 5. The third-order valence-electron chi connectivity index (χ3n) is 3.57. The fourth-order valence-corrected chi connectivity index (χ4v) is 3.86. The average molecular weight is 331 g/mol. The van der Waals surface area contributed by atoms with Gasteiger partial charge in [-0.3, -0.25) is 4.68 Å². The minimum atomic E-state index is -3.72. The monoisotopic (exact) mass is 331 g/mol. The molecule has 1 aromatic heterocycles. The number of ether oxygens (including phenoxy) is 1. The van der Waals surface area contributed by atoms with Gasteiger partial charge in [-0.1, -0.05) is 18.2 Å². The highest BCUT2D eigenvalue weighted by atomic mass is 32.2. The summed E-state index contributed by atoms with van der Waals surface area (Å²) in [5.74, 6) is 0.578. The van der Waals surface area contributed by atoms with E-state index in [1.54, 1.807) is 53.2 Å².